The van der Waals surface area contributed by atoms with Crippen molar-refractivity contribution < 1.29 is 14.7 Å². The Morgan fingerprint density at radius 2 is 1.75 bits per heavy atom. The van der Waals surface area contributed by atoms with E-state index in [1.165, 1.54) is 0 Å². The molecule has 5 nitrogen and oxygen atoms in total. The third-order valence-electron chi connectivity index (χ3n) is 2.74. The molecule has 0 radical (unpaired) electrons. The van der Waals surface area contributed by atoms with Gasteiger partial charge in [0.25, 0.3) is 5.89 Å². The SMILES string of the molecule is Oc1ccc(-c2noc(-c3cc(I)ccc3O)n2)cc1. The molecule has 0 amide bonds. The summed E-state index contributed by atoms with van der Waals surface area (Å²) in [4.78, 5) is 4.26. The first-order chi connectivity index (χ1) is 9.63. The van der Waals surface area contributed by atoms with Crippen molar-refractivity contribution in [3.63, 3.8) is 0 Å². The highest BCUT2D eigenvalue weighted by atomic mass is 127. The predicted molar refractivity (Wildman–Crippen MR) is 81.2 cm³/mol. The molecule has 0 fully saturated rings. The summed E-state index contributed by atoms with van der Waals surface area (Å²) >= 11 is 2.14. The summed E-state index contributed by atoms with van der Waals surface area (Å²) in [7, 11) is 0. The van der Waals surface area contributed by atoms with Gasteiger partial charge in [-0.05, 0) is 65.1 Å². The van der Waals surface area contributed by atoms with Gasteiger partial charge in [-0.2, -0.15) is 4.98 Å². The summed E-state index contributed by atoms with van der Waals surface area (Å²) < 4.78 is 6.14. The van der Waals surface area contributed by atoms with Crippen molar-refractivity contribution in [2.75, 3.05) is 0 Å². The van der Waals surface area contributed by atoms with E-state index in [0.29, 0.717) is 11.4 Å². The number of aromatic hydroxyl groups is 2. The highest BCUT2D eigenvalue weighted by Crippen LogP contribution is 2.30. The molecule has 0 aliphatic heterocycles. The molecule has 1 aromatic heterocycles. The number of phenols is 2. The van der Waals surface area contributed by atoms with E-state index in [0.717, 1.165) is 9.13 Å². The zero-order valence-corrected chi connectivity index (χ0v) is 12.3. The van der Waals surface area contributed by atoms with E-state index in [9.17, 15) is 10.2 Å². The maximum absolute atomic E-state index is 9.84. The molecule has 2 N–H and O–H groups in total. The van der Waals surface area contributed by atoms with Gasteiger partial charge >= 0.3 is 0 Å². The average Bonchev–Trinajstić information content (AvgIpc) is 2.92. The Kier molecular flexibility index (Phi) is 3.31. The minimum Gasteiger partial charge on any atom is -0.508 e. The highest BCUT2D eigenvalue weighted by Gasteiger charge is 2.14. The number of benzene rings is 2. The molecule has 0 aliphatic rings. The molecule has 6 heteroatoms. The van der Waals surface area contributed by atoms with Crippen LogP contribution in [0.5, 0.6) is 11.5 Å². The summed E-state index contributed by atoms with van der Waals surface area (Å²) in [5, 5.41) is 23.0. The summed E-state index contributed by atoms with van der Waals surface area (Å²) in [5.74, 6) is 0.918. The van der Waals surface area contributed by atoms with Gasteiger partial charge in [-0.1, -0.05) is 5.16 Å². The number of hydrogen-bond acceptors (Lipinski definition) is 5. The second-order valence-electron chi connectivity index (χ2n) is 4.13. The van der Waals surface area contributed by atoms with Gasteiger partial charge in [0, 0.05) is 9.13 Å². The maximum Gasteiger partial charge on any atom is 0.262 e. The Hall–Kier alpha value is -2.09. The van der Waals surface area contributed by atoms with Crippen molar-refractivity contribution in [3.8, 4) is 34.3 Å². The van der Waals surface area contributed by atoms with Crippen molar-refractivity contribution in [2.45, 2.75) is 0 Å². The quantitative estimate of drug-likeness (QED) is 0.667. The van der Waals surface area contributed by atoms with Crippen molar-refractivity contribution in [2.24, 2.45) is 0 Å². The van der Waals surface area contributed by atoms with Crippen molar-refractivity contribution in [1.29, 1.82) is 0 Å². The summed E-state index contributed by atoms with van der Waals surface area (Å²) in [6, 6.07) is 11.6. The third-order valence-corrected chi connectivity index (χ3v) is 3.41. The first-order valence-corrected chi connectivity index (χ1v) is 6.83. The number of phenolic OH excluding ortho intramolecular Hbond substituents is 2. The lowest BCUT2D eigenvalue weighted by atomic mass is 10.2. The largest absolute Gasteiger partial charge is 0.508 e. The molecule has 3 aromatic rings. The number of nitrogens with zero attached hydrogens (tertiary/aromatic N) is 2. The van der Waals surface area contributed by atoms with Crippen LogP contribution < -0.4 is 0 Å². The number of halogens is 1. The molecule has 0 atom stereocenters. The van der Waals surface area contributed by atoms with Gasteiger partial charge in [0.05, 0.1) is 5.56 Å². The summed E-state index contributed by atoms with van der Waals surface area (Å²) in [5.41, 5.74) is 1.22. The van der Waals surface area contributed by atoms with Crippen LogP contribution in [0.2, 0.25) is 0 Å². The molecule has 0 saturated carbocycles. The first-order valence-electron chi connectivity index (χ1n) is 5.75. The van der Waals surface area contributed by atoms with Gasteiger partial charge in [0.1, 0.15) is 11.5 Å². The monoisotopic (exact) mass is 380 g/mol. The lowest BCUT2D eigenvalue weighted by molar-refractivity contribution is 0.425. The molecule has 100 valence electrons. The number of aromatic nitrogens is 2. The second-order valence-corrected chi connectivity index (χ2v) is 5.38. The van der Waals surface area contributed by atoms with E-state index in [4.69, 9.17) is 4.52 Å². The molecule has 3 rings (SSSR count). The van der Waals surface area contributed by atoms with Crippen LogP contribution >= 0.6 is 22.6 Å². The van der Waals surface area contributed by atoms with Crippen LogP contribution in [0.15, 0.2) is 47.0 Å². The van der Waals surface area contributed by atoms with Crippen molar-refractivity contribution in [1.82, 2.24) is 10.1 Å². The fourth-order valence-electron chi connectivity index (χ4n) is 1.74. The van der Waals surface area contributed by atoms with Gasteiger partial charge in [-0.3, -0.25) is 0 Å². The van der Waals surface area contributed by atoms with Crippen molar-refractivity contribution in [3.05, 3.63) is 46.0 Å². The molecule has 20 heavy (non-hydrogen) atoms. The van der Waals surface area contributed by atoms with Crippen LogP contribution in [0.4, 0.5) is 0 Å². The Morgan fingerprint density at radius 1 is 1.00 bits per heavy atom. The van der Waals surface area contributed by atoms with E-state index in [1.54, 1.807) is 42.5 Å². The molecule has 2 aromatic carbocycles. The van der Waals surface area contributed by atoms with Crippen LogP contribution in [0, 0.1) is 3.57 Å². The fourth-order valence-corrected chi connectivity index (χ4v) is 2.23. The van der Waals surface area contributed by atoms with E-state index >= 15 is 0 Å². The second kappa shape index (κ2) is 5.12. The Bertz CT molecular complexity index is 753. The summed E-state index contributed by atoms with van der Waals surface area (Å²) in [6.45, 7) is 0. The van der Waals surface area contributed by atoms with Crippen LogP contribution in [0.3, 0.4) is 0 Å². The van der Waals surface area contributed by atoms with Crippen LogP contribution in [-0.2, 0) is 0 Å². The Morgan fingerprint density at radius 3 is 2.50 bits per heavy atom. The molecule has 1 heterocycles. The number of hydrogen-bond donors (Lipinski definition) is 2. The average molecular weight is 380 g/mol. The van der Waals surface area contributed by atoms with Crippen molar-refractivity contribution >= 4 is 22.6 Å². The zero-order chi connectivity index (χ0) is 14.1. The van der Waals surface area contributed by atoms with Gasteiger partial charge in [0.15, 0.2) is 0 Å². The smallest absolute Gasteiger partial charge is 0.262 e. The first kappa shape index (κ1) is 12.9. The third kappa shape index (κ3) is 2.46. The van der Waals surface area contributed by atoms with Crippen LogP contribution in [-0.4, -0.2) is 20.4 Å². The maximum atomic E-state index is 9.84. The standard InChI is InChI=1S/C14H9IN2O3/c15-9-3-6-12(19)11(7-9)14-16-13(17-20-14)8-1-4-10(18)5-2-8/h1-7,18-19H. The van der Waals surface area contributed by atoms with E-state index in [1.807, 2.05) is 0 Å². The zero-order valence-electron chi connectivity index (χ0n) is 10.1. The minimum atomic E-state index is 0.0892. The summed E-state index contributed by atoms with van der Waals surface area (Å²) in [6.07, 6.45) is 0. The van der Waals surface area contributed by atoms with Gasteiger partial charge in [-0.15, -0.1) is 0 Å². The van der Waals surface area contributed by atoms with Crippen LogP contribution in [0.1, 0.15) is 0 Å². The normalized spacial score (nSPS) is 10.7. The molecule has 0 unspecified atom stereocenters. The van der Waals surface area contributed by atoms with E-state index < -0.39 is 0 Å². The van der Waals surface area contributed by atoms with Gasteiger partial charge < -0.3 is 14.7 Å². The molecule has 0 saturated heterocycles. The minimum absolute atomic E-state index is 0.0892. The topological polar surface area (TPSA) is 79.4 Å². The fraction of sp³-hybridized carbons (Fsp3) is 0. The molecular formula is C14H9IN2O3. The van der Waals surface area contributed by atoms with E-state index in [-0.39, 0.29) is 17.4 Å². The molecule has 0 bridgehead atoms. The Labute approximate surface area is 128 Å². The lowest BCUT2D eigenvalue weighted by Crippen LogP contribution is -1.82. The highest BCUT2D eigenvalue weighted by molar-refractivity contribution is 14.1. The van der Waals surface area contributed by atoms with Gasteiger partial charge in [-0.25, -0.2) is 0 Å². The predicted octanol–water partition coefficient (Wildman–Crippen LogP) is 3.42. The molecule has 0 spiro atoms. The van der Waals surface area contributed by atoms with Crippen LogP contribution in [0.25, 0.3) is 22.8 Å². The molecular weight excluding hydrogens is 371 g/mol. The lowest BCUT2D eigenvalue weighted by Gasteiger charge is -1.99. The van der Waals surface area contributed by atoms with E-state index in [2.05, 4.69) is 32.7 Å². The Balaban J connectivity index is 2.01. The number of rotatable bonds is 2. The van der Waals surface area contributed by atoms with Gasteiger partial charge in [0.2, 0.25) is 5.82 Å². The molecule has 0 aliphatic carbocycles.